The first-order chi connectivity index (χ1) is 28.7. The number of hydrogen-bond acceptors (Lipinski definition) is 3. The summed E-state index contributed by atoms with van der Waals surface area (Å²) in [6.07, 6.45) is 0. The average Bonchev–Trinajstić information content (AvgIpc) is 3.85. The summed E-state index contributed by atoms with van der Waals surface area (Å²) in [5.41, 5.74) is 14.8. The van der Waals surface area contributed by atoms with E-state index >= 15 is 0 Å². The number of nitrogens with zero attached hydrogens (tertiary/aromatic N) is 3. The zero-order chi connectivity index (χ0) is 38.2. The molecule has 0 radical (unpaired) electrons. The summed E-state index contributed by atoms with van der Waals surface area (Å²) in [7, 11) is 0. The van der Waals surface area contributed by atoms with Crippen LogP contribution < -0.4 is 0 Å². The third-order valence-electron chi connectivity index (χ3n) is 11.6. The van der Waals surface area contributed by atoms with Crippen molar-refractivity contribution in [3.8, 4) is 61.8 Å². The van der Waals surface area contributed by atoms with Crippen LogP contribution in [-0.2, 0) is 0 Å². The molecule has 0 aliphatic carbocycles. The van der Waals surface area contributed by atoms with E-state index in [9.17, 15) is 0 Å². The molecule has 0 unspecified atom stereocenters. The standard InChI is InChI=1S/C54H33N3O/c1-3-10-34(11-4-1)36-18-22-38(23-19-36)46-33-47(39-24-20-37(21-25-39)35-12-5-2-6-13-35)56-54(55-46)57-48-16-9-14-40-26-28-44-42(29-30-49(57)53(44)52(40)48)41-27-31-51-45(32-41)43-15-7-8-17-50(43)58-51/h1-33H. The van der Waals surface area contributed by atoms with Gasteiger partial charge in [-0.1, -0.05) is 164 Å². The van der Waals surface area contributed by atoms with Crippen molar-refractivity contribution in [3.63, 3.8) is 0 Å². The Balaban J connectivity index is 1.06. The first kappa shape index (κ1) is 32.4. The lowest BCUT2D eigenvalue weighted by molar-refractivity contribution is 0.669. The van der Waals surface area contributed by atoms with Gasteiger partial charge in [0.25, 0.3) is 0 Å². The number of benzene rings is 9. The quantitative estimate of drug-likeness (QED) is 0.160. The normalized spacial score (nSPS) is 11.8. The Bertz CT molecular complexity index is 3370. The minimum absolute atomic E-state index is 0.635. The number of aromatic nitrogens is 3. The highest BCUT2D eigenvalue weighted by atomic mass is 16.3. The molecule has 0 aliphatic rings. The lowest BCUT2D eigenvalue weighted by atomic mass is 9.94. The highest BCUT2D eigenvalue weighted by Gasteiger charge is 2.22. The van der Waals surface area contributed by atoms with Crippen molar-refractivity contribution < 1.29 is 4.42 Å². The predicted octanol–water partition coefficient (Wildman–Crippen LogP) is 14.4. The Morgan fingerprint density at radius 2 is 0.914 bits per heavy atom. The maximum Gasteiger partial charge on any atom is 0.235 e. The summed E-state index contributed by atoms with van der Waals surface area (Å²) < 4.78 is 8.45. The summed E-state index contributed by atoms with van der Waals surface area (Å²) >= 11 is 0. The van der Waals surface area contributed by atoms with Crippen LogP contribution in [0.1, 0.15) is 0 Å². The second kappa shape index (κ2) is 12.9. The minimum Gasteiger partial charge on any atom is -0.456 e. The molecule has 0 saturated heterocycles. The van der Waals surface area contributed by atoms with E-state index in [1.807, 2.05) is 24.3 Å². The van der Waals surface area contributed by atoms with Crippen molar-refractivity contribution in [1.82, 2.24) is 14.5 Å². The van der Waals surface area contributed by atoms with Crippen molar-refractivity contribution in [2.45, 2.75) is 0 Å². The molecule has 4 nitrogen and oxygen atoms in total. The molecule has 0 aliphatic heterocycles. The van der Waals surface area contributed by atoms with E-state index in [-0.39, 0.29) is 0 Å². The Morgan fingerprint density at radius 1 is 0.345 bits per heavy atom. The number of fused-ring (bicyclic) bond motifs is 3. The topological polar surface area (TPSA) is 43.9 Å². The van der Waals surface area contributed by atoms with Crippen LogP contribution in [0.5, 0.6) is 0 Å². The maximum absolute atomic E-state index is 6.19. The first-order valence-corrected chi connectivity index (χ1v) is 19.6. The van der Waals surface area contributed by atoms with Gasteiger partial charge in [0.15, 0.2) is 0 Å². The number of rotatable bonds is 6. The Kier molecular flexibility index (Phi) is 7.20. The predicted molar refractivity (Wildman–Crippen MR) is 240 cm³/mol. The monoisotopic (exact) mass is 739 g/mol. The smallest absolute Gasteiger partial charge is 0.235 e. The van der Waals surface area contributed by atoms with Crippen molar-refractivity contribution >= 4 is 54.5 Å². The Labute approximate surface area is 334 Å². The molecule has 3 heterocycles. The Hall–Kier alpha value is -7.82. The van der Waals surface area contributed by atoms with E-state index < -0.39 is 0 Å². The summed E-state index contributed by atoms with van der Waals surface area (Å²) in [6.45, 7) is 0. The summed E-state index contributed by atoms with van der Waals surface area (Å²) in [5, 5.41) is 7.04. The van der Waals surface area contributed by atoms with Crippen LogP contribution >= 0.6 is 0 Å². The second-order valence-electron chi connectivity index (χ2n) is 15.0. The van der Waals surface area contributed by atoms with Gasteiger partial charge < -0.3 is 4.42 Å². The van der Waals surface area contributed by atoms with Crippen molar-refractivity contribution in [1.29, 1.82) is 0 Å². The van der Waals surface area contributed by atoms with Crippen molar-refractivity contribution in [2.75, 3.05) is 0 Å². The van der Waals surface area contributed by atoms with Gasteiger partial charge in [-0.25, -0.2) is 9.97 Å². The van der Waals surface area contributed by atoms with Gasteiger partial charge in [0.2, 0.25) is 5.95 Å². The molecule has 270 valence electrons. The zero-order valence-electron chi connectivity index (χ0n) is 31.3. The van der Waals surface area contributed by atoms with Crippen LogP contribution in [0.3, 0.4) is 0 Å². The third-order valence-corrected chi connectivity index (χ3v) is 11.6. The van der Waals surface area contributed by atoms with Gasteiger partial charge in [0, 0.05) is 32.7 Å². The third kappa shape index (κ3) is 5.16. The van der Waals surface area contributed by atoms with Crippen LogP contribution in [-0.4, -0.2) is 14.5 Å². The summed E-state index contributed by atoms with van der Waals surface area (Å²) in [5.74, 6) is 0.635. The first-order valence-electron chi connectivity index (χ1n) is 19.6. The van der Waals surface area contributed by atoms with Gasteiger partial charge in [-0.05, 0) is 80.6 Å². The fourth-order valence-corrected chi connectivity index (χ4v) is 8.81. The average molecular weight is 740 g/mol. The lowest BCUT2D eigenvalue weighted by Crippen LogP contribution is -2.04. The van der Waals surface area contributed by atoms with Crippen LogP contribution in [0.15, 0.2) is 205 Å². The molecule has 12 aromatic rings. The van der Waals surface area contributed by atoms with Gasteiger partial charge >= 0.3 is 0 Å². The van der Waals surface area contributed by atoms with Gasteiger partial charge in [0.05, 0.1) is 22.4 Å². The highest BCUT2D eigenvalue weighted by molar-refractivity contribution is 6.26. The van der Waals surface area contributed by atoms with Gasteiger partial charge in [-0.3, -0.25) is 4.57 Å². The van der Waals surface area contributed by atoms with E-state index in [1.54, 1.807) is 0 Å². The van der Waals surface area contributed by atoms with E-state index in [2.05, 4.69) is 180 Å². The number of para-hydroxylation sites is 1. The summed E-state index contributed by atoms with van der Waals surface area (Å²) in [6, 6.07) is 70.9. The molecule has 0 amide bonds. The van der Waals surface area contributed by atoms with E-state index in [0.717, 1.165) is 61.1 Å². The largest absolute Gasteiger partial charge is 0.456 e. The van der Waals surface area contributed by atoms with Gasteiger partial charge in [0.1, 0.15) is 11.2 Å². The van der Waals surface area contributed by atoms with Crippen LogP contribution in [0, 0.1) is 0 Å². The molecule has 4 heteroatoms. The second-order valence-corrected chi connectivity index (χ2v) is 15.0. The number of furan rings is 1. The van der Waals surface area contributed by atoms with Crippen LogP contribution in [0.2, 0.25) is 0 Å². The van der Waals surface area contributed by atoms with E-state index in [4.69, 9.17) is 14.4 Å². The van der Waals surface area contributed by atoms with Crippen LogP contribution in [0.25, 0.3) is 116 Å². The molecule has 58 heavy (non-hydrogen) atoms. The molecule has 0 atom stereocenters. The van der Waals surface area contributed by atoms with Crippen molar-refractivity contribution in [3.05, 3.63) is 200 Å². The summed E-state index contributed by atoms with van der Waals surface area (Å²) in [4.78, 5) is 10.8. The Morgan fingerprint density at radius 3 is 1.60 bits per heavy atom. The fourth-order valence-electron chi connectivity index (χ4n) is 8.81. The van der Waals surface area contributed by atoms with Crippen LogP contribution in [0.4, 0.5) is 0 Å². The zero-order valence-corrected chi connectivity index (χ0v) is 31.3. The molecular weight excluding hydrogens is 707 g/mol. The lowest BCUT2D eigenvalue weighted by Gasteiger charge is -2.13. The fraction of sp³-hybridized carbons (Fsp3) is 0. The van der Waals surface area contributed by atoms with Gasteiger partial charge in [-0.2, -0.15) is 0 Å². The van der Waals surface area contributed by atoms with E-state index in [1.165, 1.54) is 49.4 Å². The van der Waals surface area contributed by atoms with E-state index in [0.29, 0.717) is 5.95 Å². The highest BCUT2D eigenvalue weighted by Crippen LogP contribution is 2.43. The molecule has 0 spiro atoms. The molecular formula is C54H33N3O. The molecule has 0 bridgehead atoms. The molecule has 12 rings (SSSR count). The minimum atomic E-state index is 0.635. The molecule has 0 fully saturated rings. The maximum atomic E-state index is 6.19. The SMILES string of the molecule is c1ccc(-c2ccc(-c3cc(-c4ccc(-c5ccccc5)cc4)nc(-n4c5cccc6ccc7c(-c8ccc9oc%10ccccc%10c9c8)ccc4c7c65)n3)cc2)cc1. The number of hydrogen-bond donors (Lipinski definition) is 0. The molecule has 0 N–H and O–H groups in total. The molecule has 0 saturated carbocycles. The van der Waals surface area contributed by atoms with Crippen molar-refractivity contribution in [2.24, 2.45) is 0 Å². The van der Waals surface area contributed by atoms with Gasteiger partial charge in [-0.15, -0.1) is 0 Å². The molecule has 3 aromatic heterocycles. The molecule has 9 aromatic carbocycles.